The third-order valence-electron chi connectivity index (χ3n) is 4.20. The molecule has 2 atom stereocenters. The molecule has 1 aromatic rings. The molecule has 1 aliphatic carbocycles. The van der Waals surface area contributed by atoms with Crippen LogP contribution in [0.2, 0.25) is 0 Å². The number of rotatable bonds is 2. The summed E-state index contributed by atoms with van der Waals surface area (Å²) in [4.78, 5) is 0.415. The molecule has 0 amide bonds. The number of sulfonamides is 1. The molecule has 0 bridgehead atoms. The van der Waals surface area contributed by atoms with Crippen molar-refractivity contribution in [2.75, 3.05) is 6.54 Å². The first-order valence-electron chi connectivity index (χ1n) is 6.84. The van der Waals surface area contributed by atoms with Gasteiger partial charge < -0.3 is 0 Å². The van der Waals surface area contributed by atoms with Crippen LogP contribution in [0.3, 0.4) is 0 Å². The molecule has 19 heavy (non-hydrogen) atoms. The Morgan fingerprint density at radius 3 is 2.63 bits per heavy atom. The van der Waals surface area contributed by atoms with Crippen molar-refractivity contribution < 1.29 is 8.42 Å². The number of hydrogen-bond donors (Lipinski definition) is 0. The van der Waals surface area contributed by atoms with Crippen LogP contribution in [0.25, 0.3) is 0 Å². The van der Waals surface area contributed by atoms with Crippen LogP contribution in [0.4, 0.5) is 0 Å². The lowest BCUT2D eigenvalue weighted by molar-refractivity contribution is 0.368. The molecule has 1 aromatic carbocycles. The van der Waals surface area contributed by atoms with E-state index in [9.17, 15) is 8.42 Å². The molecule has 0 saturated carbocycles. The van der Waals surface area contributed by atoms with Crippen molar-refractivity contribution in [1.29, 1.82) is 0 Å². The van der Waals surface area contributed by atoms with E-state index in [2.05, 4.69) is 12.2 Å². The van der Waals surface area contributed by atoms with E-state index in [1.54, 1.807) is 16.4 Å². The van der Waals surface area contributed by atoms with Gasteiger partial charge in [-0.05, 0) is 44.2 Å². The Labute approximate surface area is 115 Å². The summed E-state index contributed by atoms with van der Waals surface area (Å²) in [6.45, 7) is 2.61. The quantitative estimate of drug-likeness (QED) is 0.779. The minimum atomic E-state index is -3.34. The van der Waals surface area contributed by atoms with Gasteiger partial charge in [0.15, 0.2) is 0 Å². The number of benzene rings is 1. The zero-order valence-corrected chi connectivity index (χ0v) is 11.9. The van der Waals surface area contributed by atoms with E-state index in [4.69, 9.17) is 0 Å². The minimum Gasteiger partial charge on any atom is -0.207 e. The van der Waals surface area contributed by atoms with Crippen molar-refractivity contribution >= 4 is 10.0 Å². The van der Waals surface area contributed by atoms with Crippen LogP contribution >= 0.6 is 0 Å². The maximum Gasteiger partial charge on any atom is 0.243 e. The van der Waals surface area contributed by atoms with E-state index in [1.807, 2.05) is 19.1 Å². The highest BCUT2D eigenvalue weighted by Gasteiger charge is 2.40. The molecule has 1 heterocycles. The van der Waals surface area contributed by atoms with E-state index in [-0.39, 0.29) is 6.04 Å². The summed E-state index contributed by atoms with van der Waals surface area (Å²) in [6.07, 6.45) is 7.37. The minimum absolute atomic E-state index is 0.0695. The number of aryl methyl sites for hydroxylation is 1. The largest absolute Gasteiger partial charge is 0.243 e. The number of nitrogens with zero attached hydrogens (tertiary/aromatic N) is 1. The average molecular weight is 277 g/mol. The van der Waals surface area contributed by atoms with Crippen LogP contribution in [0.1, 0.15) is 24.8 Å². The van der Waals surface area contributed by atoms with Crippen LogP contribution in [-0.4, -0.2) is 25.3 Å². The lowest BCUT2D eigenvalue weighted by Gasteiger charge is -2.27. The highest BCUT2D eigenvalue weighted by Crippen LogP contribution is 2.36. The lowest BCUT2D eigenvalue weighted by Crippen LogP contribution is -2.37. The smallest absolute Gasteiger partial charge is 0.207 e. The Kier molecular flexibility index (Phi) is 3.23. The molecule has 0 radical (unpaired) electrons. The van der Waals surface area contributed by atoms with Crippen LogP contribution in [0, 0.1) is 12.8 Å². The first-order valence-corrected chi connectivity index (χ1v) is 8.28. The number of fused-ring (bicyclic) bond motifs is 1. The van der Waals surface area contributed by atoms with Gasteiger partial charge in [0, 0.05) is 12.6 Å². The molecule has 1 saturated heterocycles. The fourth-order valence-electron chi connectivity index (χ4n) is 3.09. The first kappa shape index (κ1) is 12.9. The number of hydrogen-bond acceptors (Lipinski definition) is 2. The van der Waals surface area contributed by atoms with Gasteiger partial charge in [-0.15, -0.1) is 0 Å². The van der Waals surface area contributed by atoms with Gasteiger partial charge in [0.25, 0.3) is 0 Å². The van der Waals surface area contributed by atoms with Gasteiger partial charge in [0.05, 0.1) is 4.90 Å². The van der Waals surface area contributed by atoms with Crippen molar-refractivity contribution in [1.82, 2.24) is 4.31 Å². The molecule has 4 heteroatoms. The fourth-order valence-corrected chi connectivity index (χ4v) is 4.75. The Hall–Kier alpha value is -1.13. The zero-order valence-electron chi connectivity index (χ0n) is 11.1. The predicted molar refractivity (Wildman–Crippen MR) is 75.3 cm³/mol. The molecule has 1 aliphatic heterocycles. The predicted octanol–water partition coefficient (Wildman–Crippen LogP) is 2.72. The summed E-state index contributed by atoms with van der Waals surface area (Å²) < 4.78 is 27.1. The average Bonchev–Trinajstić information content (AvgIpc) is 2.83. The topological polar surface area (TPSA) is 37.4 Å². The Balaban J connectivity index is 1.94. The third kappa shape index (κ3) is 2.23. The summed E-state index contributed by atoms with van der Waals surface area (Å²) in [5.41, 5.74) is 1.08. The van der Waals surface area contributed by atoms with Crippen LogP contribution in [0.5, 0.6) is 0 Å². The SMILES string of the molecule is Cc1ccc(S(=O)(=O)N2CC[C@H]3CCC=C[C@H]32)cc1. The molecule has 2 aliphatic rings. The summed E-state index contributed by atoms with van der Waals surface area (Å²) in [6, 6.07) is 7.21. The summed E-state index contributed by atoms with van der Waals surface area (Å²) >= 11 is 0. The first-order chi connectivity index (χ1) is 9.09. The number of allylic oxidation sites excluding steroid dienone is 1. The lowest BCUT2D eigenvalue weighted by atomic mass is 9.91. The van der Waals surface area contributed by atoms with Crippen LogP contribution in [0.15, 0.2) is 41.3 Å². The van der Waals surface area contributed by atoms with E-state index in [1.165, 1.54) is 0 Å². The second kappa shape index (κ2) is 4.76. The molecule has 0 unspecified atom stereocenters. The molecule has 0 N–H and O–H groups in total. The standard InChI is InChI=1S/C15H19NO2S/c1-12-6-8-14(9-7-12)19(17,18)16-11-10-13-4-2-3-5-15(13)16/h3,5-9,13,15H,2,4,10-11H2,1H3/t13-,15-/m1/s1. The molecule has 0 aromatic heterocycles. The van der Waals surface area contributed by atoms with Crippen molar-refractivity contribution in [2.24, 2.45) is 5.92 Å². The Morgan fingerprint density at radius 2 is 1.89 bits per heavy atom. The van der Waals surface area contributed by atoms with E-state index in [0.717, 1.165) is 24.8 Å². The van der Waals surface area contributed by atoms with E-state index >= 15 is 0 Å². The monoisotopic (exact) mass is 277 g/mol. The van der Waals surface area contributed by atoms with Crippen LogP contribution in [-0.2, 0) is 10.0 Å². The highest BCUT2D eigenvalue weighted by molar-refractivity contribution is 7.89. The van der Waals surface area contributed by atoms with Gasteiger partial charge in [0.2, 0.25) is 10.0 Å². The van der Waals surface area contributed by atoms with Crippen molar-refractivity contribution in [3.05, 3.63) is 42.0 Å². The van der Waals surface area contributed by atoms with Crippen molar-refractivity contribution in [3.63, 3.8) is 0 Å². The maximum atomic E-state index is 12.7. The molecule has 102 valence electrons. The normalized spacial score (nSPS) is 27.4. The van der Waals surface area contributed by atoms with Gasteiger partial charge in [0.1, 0.15) is 0 Å². The molecule has 0 spiro atoms. The zero-order chi connectivity index (χ0) is 13.5. The molecular weight excluding hydrogens is 258 g/mol. The van der Waals surface area contributed by atoms with Gasteiger partial charge in [-0.1, -0.05) is 29.8 Å². The third-order valence-corrected chi connectivity index (χ3v) is 6.11. The highest BCUT2D eigenvalue weighted by atomic mass is 32.2. The van der Waals surface area contributed by atoms with Gasteiger partial charge in [-0.25, -0.2) is 8.42 Å². The molecule has 3 nitrogen and oxygen atoms in total. The van der Waals surface area contributed by atoms with Crippen molar-refractivity contribution in [3.8, 4) is 0 Å². The van der Waals surface area contributed by atoms with Gasteiger partial charge in [-0.2, -0.15) is 4.31 Å². The van der Waals surface area contributed by atoms with E-state index in [0.29, 0.717) is 17.4 Å². The van der Waals surface area contributed by atoms with Crippen molar-refractivity contribution in [2.45, 2.75) is 37.1 Å². The Morgan fingerprint density at radius 1 is 1.16 bits per heavy atom. The molecule has 3 rings (SSSR count). The van der Waals surface area contributed by atoms with Gasteiger partial charge >= 0.3 is 0 Å². The second-order valence-electron chi connectivity index (χ2n) is 5.47. The van der Waals surface area contributed by atoms with Gasteiger partial charge in [-0.3, -0.25) is 0 Å². The molecular formula is C15H19NO2S. The van der Waals surface area contributed by atoms with Crippen LogP contribution < -0.4 is 0 Å². The fraction of sp³-hybridized carbons (Fsp3) is 0.467. The van der Waals surface area contributed by atoms with E-state index < -0.39 is 10.0 Å². The summed E-state index contributed by atoms with van der Waals surface area (Å²) in [5.74, 6) is 0.505. The summed E-state index contributed by atoms with van der Waals surface area (Å²) in [5, 5.41) is 0. The second-order valence-corrected chi connectivity index (χ2v) is 7.36. The maximum absolute atomic E-state index is 12.7. The Bertz CT molecular complexity index is 589. The summed E-state index contributed by atoms with van der Waals surface area (Å²) in [7, 11) is -3.34. The molecule has 1 fully saturated rings.